The number of hydrogen-bond acceptors (Lipinski definition) is 10. The van der Waals surface area contributed by atoms with Crippen LogP contribution in [0, 0.1) is 0 Å². The van der Waals surface area contributed by atoms with Crippen LogP contribution in [0.25, 0.3) is 0 Å². The van der Waals surface area contributed by atoms with Crippen molar-refractivity contribution in [3.8, 4) is 0 Å². The highest BCUT2D eigenvalue weighted by Gasteiger charge is 2.44. The number of amides is 1. The Bertz CT molecular complexity index is 1470. The number of unbranched alkanes of at least 4 members (excludes halogenated alkanes) is 45. The summed E-state index contributed by atoms with van der Waals surface area (Å²) in [5.41, 5.74) is 0. The fourth-order valence-electron chi connectivity index (χ4n) is 11.4. The topological polar surface area (TPSA) is 175 Å². The molecule has 1 aliphatic heterocycles. The molecule has 7 atom stereocenters. The first-order valence-electron chi connectivity index (χ1n) is 35.8. The molecule has 488 valence electrons. The third kappa shape index (κ3) is 50.6. The lowest BCUT2D eigenvalue weighted by Gasteiger charge is -2.40. The highest BCUT2D eigenvalue weighted by Crippen LogP contribution is 2.23. The van der Waals surface area contributed by atoms with Gasteiger partial charge in [0.25, 0.3) is 0 Å². The lowest BCUT2D eigenvalue weighted by molar-refractivity contribution is -0.302. The molecule has 6 N–H and O–H groups in total. The smallest absolute Gasteiger partial charge is 0.305 e. The number of aliphatic hydroxyl groups is 5. The van der Waals surface area contributed by atoms with Gasteiger partial charge in [-0.3, -0.25) is 9.59 Å². The van der Waals surface area contributed by atoms with Gasteiger partial charge < -0.3 is 45.1 Å². The molecule has 1 heterocycles. The van der Waals surface area contributed by atoms with E-state index in [1.165, 1.54) is 257 Å². The number of ether oxygens (including phenoxy) is 3. The lowest BCUT2D eigenvalue weighted by atomic mass is 9.99. The molecule has 1 amide bonds. The van der Waals surface area contributed by atoms with Crippen molar-refractivity contribution >= 4 is 11.9 Å². The van der Waals surface area contributed by atoms with Gasteiger partial charge in [0.05, 0.1) is 32.0 Å². The molecule has 0 saturated carbocycles. The molecule has 1 saturated heterocycles. The Labute approximate surface area is 511 Å². The highest BCUT2D eigenvalue weighted by molar-refractivity contribution is 5.76. The van der Waals surface area contributed by atoms with Gasteiger partial charge in [0, 0.05) is 12.8 Å². The Balaban J connectivity index is 1.89. The van der Waals surface area contributed by atoms with Crippen molar-refractivity contribution in [2.75, 3.05) is 19.8 Å². The molecule has 7 unspecified atom stereocenters. The molecule has 11 heteroatoms. The summed E-state index contributed by atoms with van der Waals surface area (Å²) in [6.45, 7) is 4.32. The van der Waals surface area contributed by atoms with Crippen molar-refractivity contribution in [3.63, 3.8) is 0 Å². The van der Waals surface area contributed by atoms with E-state index in [9.17, 15) is 35.1 Å². The van der Waals surface area contributed by atoms with Gasteiger partial charge in [-0.15, -0.1) is 0 Å². The van der Waals surface area contributed by atoms with E-state index in [1.54, 1.807) is 6.08 Å². The summed E-state index contributed by atoms with van der Waals surface area (Å²) in [4.78, 5) is 25.1. The third-order valence-corrected chi connectivity index (χ3v) is 17.0. The van der Waals surface area contributed by atoms with E-state index in [0.717, 1.165) is 64.2 Å². The van der Waals surface area contributed by atoms with Gasteiger partial charge in [0.1, 0.15) is 24.4 Å². The van der Waals surface area contributed by atoms with E-state index in [-0.39, 0.29) is 18.5 Å². The van der Waals surface area contributed by atoms with E-state index in [1.807, 2.05) is 6.08 Å². The number of carbonyl (C=O) groups is 2. The Morgan fingerprint density at radius 2 is 0.807 bits per heavy atom. The molecule has 0 spiro atoms. The van der Waals surface area contributed by atoms with Crippen LogP contribution in [0.1, 0.15) is 348 Å². The molecule has 0 aliphatic carbocycles. The standard InChI is InChI=1S/C72H135NO10/c1-3-5-7-9-11-13-14-15-33-37-40-44-48-52-56-60-68(77)81-61-57-53-49-45-41-38-35-32-30-28-26-24-22-20-18-16-17-19-21-23-25-27-29-31-34-36-39-43-47-51-55-59-67(76)73-64(65(75)58-54-50-46-42-12-10-8-6-4-2)63-82-72-71(80)70(79)69(78)66(62-74)83-72/h11,13,15,33,54,58,64-66,69-72,74-75,78-80H,3-10,12,14,16-32,34-53,55-57,59-63H2,1-2H3,(H,73,76)/b13-11-,33-15-,58-54+. The average Bonchev–Trinajstić information content (AvgIpc) is 3.58. The molecular formula is C72H135NO10. The van der Waals surface area contributed by atoms with Crippen LogP contribution in [-0.4, -0.2) is 100 Å². The van der Waals surface area contributed by atoms with Gasteiger partial charge in [0.2, 0.25) is 5.91 Å². The Hall–Kier alpha value is -2.12. The van der Waals surface area contributed by atoms with Crippen molar-refractivity contribution in [2.45, 2.75) is 391 Å². The van der Waals surface area contributed by atoms with Crippen molar-refractivity contribution in [1.82, 2.24) is 5.32 Å². The molecule has 0 aromatic heterocycles. The SMILES string of the molecule is CCCCC/C=C\C/C=C\CCCCCCCC(=O)OCCCCCCCCCCCCCCCCCCCCCCCCCCCCCCCCCC(=O)NC(COC1OC(CO)C(O)C(O)C1O)C(O)/C=C/CCCCCCCCC. The third-order valence-electron chi connectivity index (χ3n) is 17.0. The summed E-state index contributed by atoms with van der Waals surface area (Å²) >= 11 is 0. The van der Waals surface area contributed by atoms with Crippen LogP contribution >= 0.6 is 0 Å². The number of rotatable bonds is 63. The van der Waals surface area contributed by atoms with E-state index in [0.29, 0.717) is 19.4 Å². The van der Waals surface area contributed by atoms with Gasteiger partial charge in [-0.2, -0.15) is 0 Å². The first kappa shape index (κ1) is 78.9. The Kier molecular flexibility index (Phi) is 58.5. The van der Waals surface area contributed by atoms with Gasteiger partial charge in [-0.25, -0.2) is 0 Å². The molecule has 11 nitrogen and oxygen atoms in total. The normalized spacial score (nSPS) is 18.3. The maximum atomic E-state index is 13.0. The van der Waals surface area contributed by atoms with Crippen molar-refractivity contribution in [1.29, 1.82) is 0 Å². The molecule has 0 aromatic carbocycles. The number of aliphatic hydroxyl groups excluding tert-OH is 5. The molecule has 0 bridgehead atoms. The minimum Gasteiger partial charge on any atom is -0.466 e. The largest absolute Gasteiger partial charge is 0.466 e. The minimum atomic E-state index is -1.57. The number of hydrogen-bond donors (Lipinski definition) is 6. The summed E-state index contributed by atoms with van der Waals surface area (Å²) in [5, 5.41) is 54.3. The van der Waals surface area contributed by atoms with Crippen LogP contribution in [0.5, 0.6) is 0 Å². The van der Waals surface area contributed by atoms with Crippen LogP contribution in [-0.2, 0) is 23.8 Å². The Morgan fingerprint density at radius 3 is 1.24 bits per heavy atom. The van der Waals surface area contributed by atoms with Crippen LogP contribution in [0.2, 0.25) is 0 Å². The number of carbonyl (C=O) groups excluding carboxylic acids is 2. The fourth-order valence-corrected chi connectivity index (χ4v) is 11.4. The zero-order chi connectivity index (χ0) is 60.2. The fraction of sp³-hybridized carbons (Fsp3) is 0.889. The summed E-state index contributed by atoms with van der Waals surface area (Å²) in [6.07, 6.45) is 68.7. The van der Waals surface area contributed by atoms with Crippen LogP contribution < -0.4 is 5.32 Å². The second-order valence-electron chi connectivity index (χ2n) is 24.9. The molecule has 83 heavy (non-hydrogen) atoms. The maximum absolute atomic E-state index is 13.0. The van der Waals surface area contributed by atoms with Crippen LogP contribution in [0.3, 0.4) is 0 Å². The predicted molar refractivity (Wildman–Crippen MR) is 347 cm³/mol. The summed E-state index contributed by atoms with van der Waals surface area (Å²) in [7, 11) is 0. The number of esters is 1. The first-order chi connectivity index (χ1) is 40.7. The van der Waals surface area contributed by atoms with Gasteiger partial charge in [0.15, 0.2) is 6.29 Å². The number of allylic oxidation sites excluding steroid dienone is 5. The van der Waals surface area contributed by atoms with Crippen molar-refractivity contribution in [2.24, 2.45) is 0 Å². The molecule has 0 radical (unpaired) electrons. The van der Waals surface area contributed by atoms with E-state index >= 15 is 0 Å². The van der Waals surface area contributed by atoms with Gasteiger partial charge in [-0.05, 0) is 64.2 Å². The Morgan fingerprint density at radius 1 is 0.446 bits per heavy atom. The lowest BCUT2D eigenvalue weighted by Crippen LogP contribution is -2.60. The van der Waals surface area contributed by atoms with Crippen LogP contribution in [0.4, 0.5) is 0 Å². The molecule has 1 fully saturated rings. The zero-order valence-corrected chi connectivity index (χ0v) is 54.2. The maximum Gasteiger partial charge on any atom is 0.305 e. The highest BCUT2D eigenvalue weighted by atomic mass is 16.7. The summed E-state index contributed by atoms with van der Waals surface area (Å²) in [6, 6.07) is -0.805. The van der Waals surface area contributed by atoms with Gasteiger partial charge >= 0.3 is 5.97 Å². The van der Waals surface area contributed by atoms with E-state index in [4.69, 9.17) is 14.2 Å². The summed E-state index contributed by atoms with van der Waals surface area (Å²) < 4.78 is 16.7. The number of nitrogens with one attached hydrogen (secondary N) is 1. The monoisotopic (exact) mass is 1170 g/mol. The van der Waals surface area contributed by atoms with Crippen LogP contribution in [0.15, 0.2) is 36.5 Å². The molecule has 1 aliphatic rings. The van der Waals surface area contributed by atoms with Crippen molar-refractivity contribution < 1.29 is 49.3 Å². The van der Waals surface area contributed by atoms with E-state index < -0.39 is 49.5 Å². The predicted octanol–water partition coefficient (Wildman–Crippen LogP) is 18.2. The molecule has 1 rings (SSSR count). The quantitative estimate of drug-likeness (QED) is 0.0195. The minimum absolute atomic E-state index is 0.00112. The summed E-state index contributed by atoms with van der Waals surface area (Å²) in [5.74, 6) is -0.180. The molecular weight excluding hydrogens is 1040 g/mol. The van der Waals surface area contributed by atoms with Gasteiger partial charge in [-0.1, -0.05) is 307 Å². The second kappa shape index (κ2) is 61.5. The first-order valence-corrected chi connectivity index (χ1v) is 35.8. The van der Waals surface area contributed by atoms with E-state index in [2.05, 4.69) is 43.5 Å². The average molecular weight is 1170 g/mol. The molecule has 0 aromatic rings. The zero-order valence-electron chi connectivity index (χ0n) is 54.2. The second-order valence-corrected chi connectivity index (χ2v) is 24.9. The van der Waals surface area contributed by atoms with Crippen molar-refractivity contribution in [3.05, 3.63) is 36.5 Å².